The van der Waals surface area contributed by atoms with Gasteiger partial charge in [-0.1, -0.05) is 13.3 Å². The average molecular weight is 213 g/mol. The Morgan fingerprint density at radius 1 is 1.40 bits per heavy atom. The van der Waals surface area contributed by atoms with Crippen LogP contribution in [0.15, 0.2) is 0 Å². The fourth-order valence-corrected chi connectivity index (χ4v) is 2.34. The van der Waals surface area contributed by atoms with Crippen LogP contribution in [0.3, 0.4) is 0 Å². The van der Waals surface area contributed by atoms with E-state index in [9.17, 15) is 0 Å². The molecule has 0 saturated carbocycles. The zero-order valence-electron chi connectivity index (χ0n) is 10.6. The molecule has 0 aromatic carbocycles. The second kappa shape index (κ2) is 6.49. The summed E-state index contributed by atoms with van der Waals surface area (Å²) in [6, 6.07) is 0. The summed E-state index contributed by atoms with van der Waals surface area (Å²) in [5, 5.41) is 3.63. The van der Waals surface area contributed by atoms with Crippen LogP contribution in [-0.4, -0.2) is 24.8 Å². The number of hydrogen-bond acceptors (Lipinski definition) is 2. The molecule has 1 rings (SSSR count). The molecule has 1 fully saturated rings. The highest BCUT2D eigenvalue weighted by Crippen LogP contribution is 2.17. The van der Waals surface area contributed by atoms with E-state index in [-0.39, 0.29) is 0 Å². The molecule has 0 aromatic rings. The summed E-state index contributed by atoms with van der Waals surface area (Å²) in [7, 11) is 0. The minimum Gasteiger partial charge on any atom is -0.378 e. The highest BCUT2D eigenvalue weighted by Gasteiger charge is 2.17. The van der Waals surface area contributed by atoms with E-state index in [0.717, 1.165) is 13.2 Å². The Kier molecular flexibility index (Phi) is 5.62. The smallest absolute Gasteiger partial charge is 0.0576 e. The monoisotopic (exact) mass is 213 g/mol. The number of nitrogens with one attached hydrogen (secondary N) is 1. The first-order valence-corrected chi connectivity index (χ1v) is 6.51. The largest absolute Gasteiger partial charge is 0.378 e. The maximum Gasteiger partial charge on any atom is 0.0576 e. The molecular formula is C13H27NO. The third-order valence-electron chi connectivity index (χ3n) is 3.21. The maximum absolute atomic E-state index is 5.60. The van der Waals surface area contributed by atoms with Crippen LogP contribution < -0.4 is 5.32 Å². The highest BCUT2D eigenvalue weighted by atomic mass is 16.5. The van der Waals surface area contributed by atoms with Crippen LogP contribution in [-0.2, 0) is 4.74 Å². The Morgan fingerprint density at radius 3 is 2.80 bits per heavy atom. The molecule has 1 N–H and O–H groups in total. The molecule has 1 heterocycles. The lowest BCUT2D eigenvalue weighted by molar-refractivity contribution is 0.102. The van der Waals surface area contributed by atoms with E-state index in [1.165, 1.54) is 38.5 Å². The molecule has 0 spiro atoms. The van der Waals surface area contributed by atoms with Crippen LogP contribution in [0.4, 0.5) is 0 Å². The lowest BCUT2D eigenvalue weighted by Gasteiger charge is -2.26. The van der Waals surface area contributed by atoms with Gasteiger partial charge in [0.25, 0.3) is 0 Å². The highest BCUT2D eigenvalue weighted by molar-refractivity contribution is 4.76. The minimum atomic E-state index is 0.311. The molecule has 1 aliphatic rings. The molecule has 0 aromatic heterocycles. The molecule has 1 saturated heterocycles. The molecule has 2 nitrogen and oxygen atoms in total. The lowest BCUT2D eigenvalue weighted by Crippen LogP contribution is -2.39. The zero-order chi connectivity index (χ0) is 11.1. The Morgan fingerprint density at radius 2 is 2.20 bits per heavy atom. The van der Waals surface area contributed by atoms with Crippen molar-refractivity contribution >= 4 is 0 Å². The van der Waals surface area contributed by atoms with Crippen molar-refractivity contribution in [2.75, 3.05) is 13.2 Å². The molecular weight excluding hydrogens is 186 g/mol. The van der Waals surface area contributed by atoms with Gasteiger partial charge < -0.3 is 10.1 Å². The Balaban J connectivity index is 2.00. The van der Waals surface area contributed by atoms with Crippen LogP contribution in [0.1, 0.15) is 59.3 Å². The van der Waals surface area contributed by atoms with Gasteiger partial charge in [-0.05, 0) is 52.5 Å². The molecule has 1 aliphatic heterocycles. The van der Waals surface area contributed by atoms with Crippen LogP contribution in [0.2, 0.25) is 0 Å². The zero-order valence-corrected chi connectivity index (χ0v) is 10.6. The Hall–Kier alpha value is -0.0800. The predicted molar refractivity (Wildman–Crippen MR) is 65.2 cm³/mol. The average Bonchev–Trinajstić information content (AvgIpc) is 2.65. The SMILES string of the molecule is CCCC(C)(C)NCCCC1CCCO1. The van der Waals surface area contributed by atoms with E-state index >= 15 is 0 Å². The van der Waals surface area contributed by atoms with E-state index in [1.807, 2.05) is 0 Å². The van der Waals surface area contributed by atoms with Gasteiger partial charge in [-0.25, -0.2) is 0 Å². The Labute approximate surface area is 94.8 Å². The van der Waals surface area contributed by atoms with E-state index in [0.29, 0.717) is 11.6 Å². The molecule has 1 atom stereocenters. The summed E-state index contributed by atoms with van der Waals surface area (Å²) in [6.07, 6.45) is 8.09. The number of ether oxygens (including phenoxy) is 1. The van der Waals surface area contributed by atoms with Gasteiger partial charge in [0.1, 0.15) is 0 Å². The van der Waals surface area contributed by atoms with Crippen molar-refractivity contribution in [2.24, 2.45) is 0 Å². The van der Waals surface area contributed by atoms with E-state index < -0.39 is 0 Å². The van der Waals surface area contributed by atoms with Gasteiger partial charge in [0.15, 0.2) is 0 Å². The first-order chi connectivity index (χ1) is 7.14. The summed E-state index contributed by atoms with van der Waals surface area (Å²) in [5.74, 6) is 0. The van der Waals surface area contributed by atoms with Crippen molar-refractivity contribution in [1.29, 1.82) is 0 Å². The summed E-state index contributed by atoms with van der Waals surface area (Å²) >= 11 is 0. The van der Waals surface area contributed by atoms with Crippen molar-refractivity contribution < 1.29 is 4.74 Å². The molecule has 2 heteroatoms. The second-order valence-electron chi connectivity index (χ2n) is 5.34. The lowest BCUT2D eigenvalue weighted by atomic mass is 9.98. The number of rotatable bonds is 7. The van der Waals surface area contributed by atoms with Crippen LogP contribution in [0.25, 0.3) is 0 Å². The van der Waals surface area contributed by atoms with E-state index in [2.05, 4.69) is 26.1 Å². The molecule has 1 unspecified atom stereocenters. The van der Waals surface area contributed by atoms with Crippen molar-refractivity contribution in [3.8, 4) is 0 Å². The van der Waals surface area contributed by atoms with Crippen molar-refractivity contribution in [1.82, 2.24) is 5.32 Å². The first-order valence-electron chi connectivity index (χ1n) is 6.51. The van der Waals surface area contributed by atoms with Crippen molar-refractivity contribution in [2.45, 2.75) is 70.9 Å². The predicted octanol–water partition coefficient (Wildman–Crippen LogP) is 3.11. The molecule has 15 heavy (non-hydrogen) atoms. The van der Waals surface area contributed by atoms with Gasteiger partial charge in [0, 0.05) is 12.1 Å². The summed E-state index contributed by atoms with van der Waals surface area (Å²) in [4.78, 5) is 0. The topological polar surface area (TPSA) is 21.3 Å². The molecule has 0 radical (unpaired) electrons. The summed E-state index contributed by atoms with van der Waals surface area (Å²) in [6.45, 7) is 8.95. The maximum atomic E-state index is 5.60. The van der Waals surface area contributed by atoms with Gasteiger partial charge in [-0.3, -0.25) is 0 Å². The van der Waals surface area contributed by atoms with Crippen LogP contribution in [0, 0.1) is 0 Å². The summed E-state index contributed by atoms with van der Waals surface area (Å²) < 4.78 is 5.60. The van der Waals surface area contributed by atoms with Crippen LogP contribution >= 0.6 is 0 Å². The summed E-state index contributed by atoms with van der Waals surface area (Å²) in [5.41, 5.74) is 0.311. The standard InChI is InChI=1S/C13H27NO/c1-4-9-13(2,3)14-10-5-7-12-8-6-11-15-12/h12,14H,4-11H2,1-3H3. The first kappa shape index (κ1) is 13.0. The fourth-order valence-electron chi connectivity index (χ4n) is 2.34. The van der Waals surface area contributed by atoms with E-state index in [4.69, 9.17) is 4.74 Å². The third-order valence-corrected chi connectivity index (χ3v) is 3.21. The van der Waals surface area contributed by atoms with Gasteiger partial charge >= 0.3 is 0 Å². The van der Waals surface area contributed by atoms with Crippen molar-refractivity contribution in [3.05, 3.63) is 0 Å². The molecule has 0 bridgehead atoms. The minimum absolute atomic E-state index is 0.311. The quantitative estimate of drug-likeness (QED) is 0.656. The van der Waals surface area contributed by atoms with Gasteiger partial charge in [0.05, 0.1) is 6.10 Å². The van der Waals surface area contributed by atoms with Gasteiger partial charge in [0.2, 0.25) is 0 Å². The normalized spacial score (nSPS) is 22.2. The Bertz CT molecular complexity index is 162. The van der Waals surface area contributed by atoms with Crippen molar-refractivity contribution in [3.63, 3.8) is 0 Å². The van der Waals surface area contributed by atoms with Gasteiger partial charge in [-0.15, -0.1) is 0 Å². The second-order valence-corrected chi connectivity index (χ2v) is 5.34. The van der Waals surface area contributed by atoms with E-state index in [1.54, 1.807) is 0 Å². The third kappa shape index (κ3) is 5.53. The molecule has 0 amide bonds. The molecule has 0 aliphatic carbocycles. The fraction of sp³-hybridized carbons (Fsp3) is 1.00. The van der Waals surface area contributed by atoms with Crippen LogP contribution in [0.5, 0.6) is 0 Å². The number of hydrogen-bond donors (Lipinski definition) is 1. The molecule has 90 valence electrons. The van der Waals surface area contributed by atoms with Gasteiger partial charge in [-0.2, -0.15) is 0 Å².